The van der Waals surface area contributed by atoms with Crippen molar-refractivity contribution in [2.75, 3.05) is 58.4 Å². The fraction of sp³-hybridized carbons (Fsp3) is 0.487. The molecule has 3 aliphatic heterocycles. The minimum atomic E-state index is -2.93. The van der Waals surface area contributed by atoms with E-state index in [0.29, 0.717) is 73.9 Å². The molecule has 3 fully saturated rings. The lowest BCUT2D eigenvalue weighted by Crippen LogP contribution is -2.61. The van der Waals surface area contributed by atoms with Crippen LogP contribution in [-0.4, -0.2) is 101 Å². The van der Waals surface area contributed by atoms with E-state index in [1.165, 1.54) is 0 Å². The molecule has 0 spiro atoms. The number of ether oxygens (including phenoxy) is 2. The maximum atomic E-state index is 16.0. The number of fused-ring (bicyclic) bond motifs is 1. The van der Waals surface area contributed by atoms with E-state index in [1.807, 2.05) is 49.2 Å². The molecule has 4 aromatic rings. The lowest BCUT2D eigenvalue weighted by Gasteiger charge is -2.46. The summed E-state index contributed by atoms with van der Waals surface area (Å²) >= 11 is 0. The molecule has 2 aromatic carbocycles. The average Bonchev–Trinajstić information content (AvgIpc) is 3.47. The van der Waals surface area contributed by atoms with Crippen molar-refractivity contribution in [3.8, 4) is 22.6 Å². The maximum Gasteiger partial charge on any atom is 0.275 e. The predicted molar refractivity (Wildman–Crippen MR) is 198 cm³/mol. The topological polar surface area (TPSA) is 114 Å². The van der Waals surface area contributed by atoms with Gasteiger partial charge in [-0.05, 0) is 68.1 Å². The van der Waals surface area contributed by atoms with Gasteiger partial charge in [0.15, 0.2) is 0 Å². The third kappa shape index (κ3) is 6.78. The van der Waals surface area contributed by atoms with Crippen molar-refractivity contribution < 1.29 is 27.8 Å². The molecule has 7 rings (SSSR count). The van der Waals surface area contributed by atoms with Crippen molar-refractivity contribution in [3.05, 3.63) is 69.3 Å². The molecule has 12 nitrogen and oxygen atoms in total. The first kappa shape index (κ1) is 36.5. The molecule has 0 bridgehead atoms. The highest BCUT2D eigenvalue weighted by Crippen LogP contribution is 2.40. The van der Waals surface area contributed by atoms with Crippen molar-refractivity contribution in [2.45, 2.75) is 57.5 Å². The number of imide groups is 1. The van der Waals surface area contributed by atoms with E-state index in [2.05, 4.69) is 15.3 Å². The molecule has 5 heterocycles. The van der Waals surface area contributed by atoms with Crippen LogP contribution in [-0.2, 0) is 30.2 Å². The summed E-state index contributed by atoms with van der Waals surface area (Å²) in [6, 6.07) is 8.92. The van der Waals surface area contributed by atoms with Crippen LogP contribution in [0.25, 0.3) is 22.0 Å². The number of aromatic nitrogens is 3. The molecule has 1 N–H and O–H groups in total. The molecule has 2 atom stereocenters. The number of hydrogen-bond donors (Lipinski definition) is 1. The number of halogens is 2. The van der Waals surface area contributed by atoms with E-state index >= 15 is 8.78 Å². The van der Waals surface area contributed by atoms with Gasteiger partial charge in [-0.1, -0.05) is 0 Å². The molecule has 3 aliphatic rings. The number of anilines is 1. The van der Waals surface area contributed by atoms with Gasteiger partial charge in [-0.15, -0.1) is 0 Å². The number of carbonyl (C=O) groups is 2. The maximum absolute atomic E-state index is 16.0. The van der Waals surface area contributed by atoms with Gasteiger partial charge in [0.1, 0.15) is 11.5 Å². The van der Waals surface area contributed by atoms with E-state index < -0.39 is 17.9 Å². The summed E-state index contributed by atoms with van der Waals surface area (Å²) in [5, 5.41) is 7.94. The summed E-state index contributed by atoms with van der Waals surface area (Å²) in [7, 11) is 6.69. The van der Waals surface area contributed by atoms with E-state index in [4.69, 9.17) is 9.47 Å². The number of nitrogens with one attached hydrogen (secondary N) is 1. The van der Waals surface area contributed by atoms with E-state index in [9.17, 15) is 14.4 Å². The lowest BCUT2D eigenvalue weighted by molar-refractivity contribution is -0.134. The van der Waals surface area contributed by atoms with Gasteiger partial charge in [0.05, 0.1) is 49.5 Å². The van der Waals surface area contributed by atoms with Gasteiger partial charge in [-0.3, -0.25) is 34.2 Å². The summed E-state index contributed by atoms with van der Waals surface area (Å²) in [6.07, 6.45) is 2.84. The fourth-order valence-corrected chi connectivity index (χ4v) is 8.34. The number of rotatable bonds is 8. The molecule has 53 heavy (non-hydrogen) atoms. The summed E-state index contributed by atoms with van der Waals surface area (Å²) in [5.41, 5.74) is 6.38. The number of amides is 2. The molecule has 3 saturated heterocycles. The number of alkyl halides is 2. The number of pyridine rings is 1. The van der Waals surface area contributed by atoms with Crippen LogP contribution in [0.15, 0.2) is 41.3 Å². The quantitative estimate of drug-likeness (QED) is 0.268. The average molecular weight is 732 g/mol. The summed E-state index contributed by atoms with van der Waals surface area (Å²) < 4.78 is 46.9. The minimum absolute atomic E-state index is 0.0564. The number of piperazine rings is 1. The Morgan fingerprint density at radius 2 is 1.62 bits per heavy atom. The number of piperidine rings is 2. The molecule has 2 amide bonds. The third-order valence-corrected chi connectivity index (χ3v) is 11.4. The Kier molecular flexibility index (Phi) is 9.79. The second-order valence-corrected chi connectivity index (χ2v) is 14.6. The van der Waals surface area contributed by atoms with Crippen molar-refractivity contribution in [1.82, 2.24) is 29.5 Å². The van der Waals surface area contributed by atoms with Gasteiger partial charge < -0.3 is 18.9 Å². The summed E-state index contributed by atoms with van der Waals surface area (Å²) in [6.45, 7) is 6.32. The molecule has 14 heteroatoms. The van der Waals surface area contributed by atoms with Gasteiger partial charge in [0.2, 0.25) is 11.8 Å². The van der Waals surface area contributed by atoms with Crippen LogP contribution < -0.4 is 25.2 Å². The minimum Gasteiger partial charge on any atom is -0.496 e. The van der Waals surface area contributed by atoms with E-state index in [-0.39, 0.29) is 36.9 Å². The monoisotopic (exact) mass is 731 g/mol. The first-order chi connectivity index (χ1) is 25.3. The number of benzene rings is 2. The number of carbonyl (C=O) groups excluding carboxylic acids is 2. The molecule has 282 valence electrons. The number of aryl methyl sites for hydroxylation is 2. The van der Waals surface area contributed by atoms with Crippen LogP contribution in [0.2, 0.25) is 0 Å². The van der Waals surface area contributed by atoms with Crippen LogP contribution in [0.4, 0.5) is 14.5 Å². The van der Waals surface area contributed by atoms with Gasteiger partial charge in [-0.25, -0.2) is 8.78 Å². The van der Waals surface area contributed by atoms with Crippen LogP contribution in [0.1, 0.15) is 47.6 Å². The second kappa shape index (κ2) is 14.2. The summed E-state index contributed by atoms with van der Waals surface area (Å²) in [5.74, 6) is -2.89. The van der Waals surface area contributed by atoms with Crippen molar-refractivity contribution in [1.29, 1.82) is 0 Å². The number of hydrogen-bond acceptors (Lipinski definition) is 9. The Morgan fingerprint density at radius 3 is 2.26 bits per heavy atom. The Labute approximate surface area is 307 Å². The smallest absolute Gasteiger partial charge is 0.275 e. The predicted octanol–water partition coefficient (Wildman–Crippen LogP) is 4.13. The van der Waals surface area contributed by atoms with Crippen molar-refractivity contribution in [2.24, 2.45) is 14.1 Å². The Morgan fingerprint density at radius 1 is 0.925 bits per heavy atom. The third-order valence-electron chi connectivity index (χ3n) is 11.4. The van der Waals surface area contributed by atoms with Crippen LogP contribution in [0.5, 0.6) is 11.5 Å². The molecule has 0 radical (unpaired) electrons. The van der Waals surface area contributed by atoms with E-state index in [0.717, 1.165) is 33.3 Å². The van der Waals surface area contributed by atoms with Gasteiger partial charge >= 0.3 is 0 Å². The molecule has 0 aliphatic carbocycles. The number of nitrogens with zero attached hydrogens (tertiary/aromatic N) is 6. The Bertz CT molecular complexity index is 2110. The SMILES string of the molecule is COc1cc(-c2cn(C)c(=O)c(C)c2C)cc(OC)c1CN1CCC(N2CCN(c3ccc4c(C5CCC(=O)NC5=O)nn(C)c4c3)CC2)C(F)(F)C1. The molecule has 0 saturated carbocycles. The van der Waals surface area contributed by atoms with Crippen LogP contribution in [0.3, 0.4) is 0 Å². The molecule has 2 aromatic heterocycles. The highest BCUT2D eigenvalue weighted by Gasteiger charge is 2.48. The van der Waals surface area contributed by atoms with E-state index in [1.54, 1.807) is 48.5 Å². The standard InChI is InChI=1S/C39H47F2N7O5/c1-23-24(2)38(51)44(3)20-29(23)25-17-32(52-5)30(33(18-25)53-6)21-46-12-11-34(39(40,41)22-46)48-15-13-47(14-16-48)26-7-8-27-31(19-26)45(4)43-36(27)28-9-10-35(49)42-37(28)50/h7-8,17-20,28,34H,9-16,21-22H2,1-6H3,(H,42,49,50). The first-order valence-corrected chi connectivity index (χ1v) is 18.1. The Hall–Kier alpha value is -4.82. The van der Waals surface area contributed by atoms with Gasteiger partial charge in [0.25, 0.3) is 11.5 Å². The Balaban J connectivity index is 1.01. The normalized spacial score (nSPS) is 21.2. The van der Waals surface area contributed by atoms with Gasteiger partial charge in [-0.2, -0.15) is 5.10 Å². The zero-order chi connectivity index (χ0) is 37.8. The fourth-order valence-electron chi connectivity index (χ4n) is 8.34. The molecule has 2 unspecified atom stereocenters. The first-order valence-electron chi connectivity index (χ1n) is 18.1. The summed E-state index contributed by atoms with van der Waals surface area (Å²) in [4.78, 5) is 42.6. The largest absolute Gasteiger partial charge is 0.496 e. The zero-order valence-electron chi connectivity index (χ0n) is 31.2. The van der Waals surface area contributed by atoms with Crippen LogP contribution in [0, 0.1) is 13.8 Å². The van der Waals surface area contributed by atoms with Crippen molar-refractivity contribution in [3.63, 3.8) is 0 Å². The highest BCUT2D eigenvalue weighted by atomic mass is 19.3. The zero-order valence-corrected chi connectivity index (χ0v) is 31.2. The number of methoxy groups -OCH3 is 2. The lowest BCUT2D eigenvalue weighted by atomic mass is 9.93. The van der Waals surface area contributed by atoms with Crippen LogP contribution >= 0.6 is 0 Å². The highest BCUT2D eigenvalue weighted by molar-refractivity contribution is 6.02. The second-order valence-electron chi connectivity index (χ2n) is 14.6. The van der Waals surface area contributed by atoms with Gasteiger partial charge in [0, 0.05) is 88.2 Å². The molecular formula is C39H47F2N7O5. The number of likely N-dealkylation sites (tertiary alicyclic amines) is 1. The van der Waals surface area contributed by atoms with Crippen molar-refractivity contribution >= 4 is 28.4 Å². The molecular weight excluding hydrogens is 684 g/mol.